The van der Waals surface area contributed by atoms with Gasteiger partial charge in [-0.3, -0.25) is 9.69 Å². The van der Waals surface area contributed by atoms with Gasteiger partial charge in [0.15, 0.2) is 23.9 Å². The highest BCUT2D eigenvalue weighted by Gasteiger charge is 2.37. The number of thiophene rings is 1. The Morgan fingerprint density at radius 1 is 0.980 bits per heavy atom. The van der Waals surface area contributed by atoms with E-state index in [2.05, 4.69) is 10.2 Å². The lowest BCUT2D eigenvalue weighted by molar-refractivity contribution is -0.605. The van der Waals surface area contributed by atoms with Crippen LogP contribution in [-0.4, -0.2) is 56.8 Å². The first kappa shape index (κ1) is 35.9. The second-order valence-electron chi connectivity index (χ2n) is 12.5. The lowest BCUT2D eigenvalue weighted by Gasteiger charge is -2.44. The molecular weight excluding hydrogens is 701 g/mol. The van der Waals surface area contributed by atoms with Crippen molar-refractivity contribution < 1.29 is 33.3 Å². The molecule has 13 heteroatoms. The Bertz CT molecular complexity index is 1780. The van der Waals surface area contributed by atoms with Crippen LogP contribution in [0.2, 0.25) is 10.0 Å². The number of methoxy groups -OCH3 is 2. The standard InChI is InChI=1S/C37H39Cl2N3O7S/c1-46-31-10-8-25(16-33(31)47-2)32(17-27-28(38)20-42(45)21-29(27)39)49-37(44)35-11-9-26(50-35)19-40-30(23-6-4-3-5-7-23)18-36(43)48-34-22-41-14-12-24(34)13-15-41/h3-11,16,20-21,24,30,32,34,40H,12-15,17-19,22H2,1-2H3/t30?,32-,34-/m0/s1. The van der Waals surface area contributed by atoms with E-state index >= 15 is 0 Å². The summed E-state index contributed by atoms with van der Waals surface area (Å²) < 4.78 is 23.5. The predicted molar refractivity (Wildman–Crippen MR) is 191 cm³/mol. The maximum atomic E-state index is 13.6. The summed E-state index contributed by atoms with van der Waals surface area (Å²) in [6.45, 7) is 3.40. The SMILES string of the molecule is COc1ccc([C@H](Cc2c(Cl)c[n+]([O-])cc2Cl)OC(=O)c2ccc(CNC(CC(=O)O[C@H]3CN4CCC3CC4)c3ccccc3)s2)cc1OC. The van der Waals surface area contributed by atoms with E-state index in [4.69, 9.17) is 42.1 Å². The molecule has 3 fully saturated rings. The number of benzene rings is 2. The average Bonchev–Trinajstić information content (AvgIpc) is 3.61. The van der Waals surface area contributed by atoms with E-state index in [0.29, 0.717) is 44.7 Å². The predicted octanol–water partition coefficient (Wildman–Crippen LogP) is 6.70. The van der Waals surface area contributed by atoms with Crippen molar-refractivity contribution in [3.05, 3.63) is 115 Å². The van der Waals surface area contributed by atoms with Gasteiger partial charge in [0.1, 0.15) is 27.1 Å². The van der Waals surface area contributed by atoms with Crippen LogP contribution in [0.4, 0.5) is 0 Å². The molecule has 0 amide bonds. The monoisotopic (exact) mass is 739 g/mol. The van der Waals surface area contributed by atoms with E-state index in [1.54, 1.807) is 24.3 Å². The van der Waals surface area contributed by atoms with E-state index in [-0.39, 0.29) is 41.0 Å². The Kier molecular flexibility index (Phi) is 11.8. The first-order valence-corrected chi connectivity index (χ1v) is 18.1. The molecule has 1 N–H and O–H groups in total. The maximum absolute atomic E-state index is 13.6. The first-order valence-electron chi connectivity index (χ1n) is 16.5. The van der Waals surface area contributed by atoms with Crippen molar-refractivity contribution in [2.75, 3.05) is 33.9 Å². The van der Waals surface area contributed by atoms with Crippen LogP contribution in [0, 0.1) is 11.1 Å². The normalized spacial score (nSPS) is 19.4. The minimum absolute atomic E-state index is 0.0490. The number of aromatic nitrogens is 1. The number of esters is 2. The van der Waals surface area contributed by atoms with Crippen LogP contribution in [0.5, 0.6) is 11.5 Å². The zero-order valence-electron chi connectivity index (χ0n) is 27.8. The number of fused-ring (bicyclic) bond motifs is 3. The van der Waals surface area contributed by atoms with E-state index in [1.807, 2.05) is 36.4 Å². The van der Waals surface area contributed by atoms with Crippen LogP contribution < -0.4 is 19.5 Å². The summed E-state index contributed by atoms with van der Waals surface area (Å²) in [5.74, 6) is 0.656. The van der Waals surface area contributed by atoms with Gasteiger partial charge in [0.2, 0.25) is 0 Å². The van der Waals surface area contributed by atoms with Crippen molar-refractivity contribution in [2.24, 2.45) is 5.92 Å². The Balaban J connectivity index is 1.15. The van der Waals surface area contributed by atoms with Gasteiger partial charge in [-0.2, -0.15) is 4.73 Å². The summed E-state index contributed by atoms with van der Waals surface area (Å²) in [5.41, 5.74) is 2.06. The molecular formula is C37H39Cl2N3O7S. The van der Waals surface area contributed by atoms with E-state index in [1.165, 1.54) is 38.0 Å². The van der Waals surface area contributed by atoms with Gasteiger partial charge in [0.25, 0.3) is 0 Å². The third kappa shape index (κ3) is 8.70. The number of nitrogens with one attached hydrogen (secondary N) is 1. The summed E-state index contributed by atoms with van der Waals surface area (Å²) in [6, 6.07) is 18.4. The molecule has 3 aliphatic heterocycles. The first-order chi connectivity index (χ1) is 24.2. The van der Waals surface area contributed by atoms with Crippen LogP contribution >= 0.6 is 34.5 Å². The summed E-state index contributed by atoms with van der Waals surface area (Å²) in [7, 11) is 3.05. The minimum Gasteiger partial charge on any atom is -0.619 e. The van der Waals surface area contributed by atoms with Gasteiger partial charge < -0.3 is 29.5 Å². The number of ether oxygens (including phenoxy) is 4. The van der Waals surface area contributed by atoms with Gasteiger partial charge in [-0.15, -0.1) is 11.3 Å². The molecule has 0 saturated carbocycles. The van der Waals surface area contributed by atoms with Crippen molar-refractivity contribution >= 4 is 46.5 Å². The molecule has 0 spiro atoms. The fourth-order valence-electron chi connectivity index (χ4n) is 6.61. The fourth-order valence-corrected chi connectivity index (χ4v) is 8.05. The smallest absolute Gasteiger partial charge is 0.348 e. The third-order valence-electron chi connectivity index (χ3n) is 9.31. The van der Waals surface area contributed by atoms with E-state index in [0.717, 1.165) is 42.9 Å². The van der Waals surface area contributed by atoms with Gasteiger partial charge >= 0.3 is 11.9 Å². The Morgan fingerprint density at radius 3 is 2.36 bits per heavy atom. The number of rotatable bonds is 14. The van der Waals surface area contributed by atoms with Crippen molar-refractivity contribution in [3.63, 3.8) is 0 Å². The summed E-state index contributed by atoms with van der Waals surface area (Å²) in [4.78, 5) is 30.4. The zero-order chi connectivity index (χ0) is 35.2. The molecule has 0 radical (unpaired) electrons. The Hall–Kier alpha value is -3.87. The van der Waals surface area contributed by atoms with Crippen LogP contribution in [-0.2, 0) is 27.2 Å². The number of pyridine rings is 1. The summed E-state index contributed by atoms with van der Waals surface area (Å²) in [6.07, 6.45) is 3.98. The van der Waals surface area contributed by atoms with E-state index in [9.17, 15) is 14.8 Å². The highest BCUT2D eigenvalue weighted by atomic mass is 35.5. The van der Waals surface area contributed by atoms with Crippen molar-refractivity contribution in [1.82, 2.24) is 10.2 Å². The average molecular weight is 741 g/mol. The largest absolute Gasteiger partial charge is 0.619 e. The van der Waals surface area contributed by atoms with Crippen molar-refractivity contribution in [2.45, 2.75) is 50.5 Å². The second-order valence-corrected chi connectivity index (χ2v) is 14.5. The van der Waals surface area contributed by atoms with Gasteiger partial charge in [-0.1, -0.05) is 59.6 Å². The molecule has 2 aromatic heterocycles. The topological polar surface area (TPSA) is 113 Å². The number of nitrogens with zero attached hydrogens (tertiary/aromatic N) is 2. The molecule has 2 aromatic carbocycles. The van der Waals surface area contributed by atoms with Gasteiger partial charge in [-0.25, -0.2) is 4.79 Å². The molecule has 2 bridgehead atoms. The van der Waals surface area contributed by atoms with Crippen molar-refractivity contribution in [1.29, 1.82) is 0 Å². The van der Waals surface area contributed by atoms with Gasteiger partial charge in [0, 0.05) is 36.0 Å². The minimum atomic E-state index is -0.826. The molecule has 7 rings (SSSR count). The molecule has 0 aliphatic carbocycles. The van der Waals surface area contributed by atoms with E-state index < -0.39 is 12.1 Å². The quantitative estimate of drug-likeness (QED) is 0.0857. The molecule has 3 aliphatic rings. The molecule has 5 heterocycles. The fraction of sp³-hybridized carbons (Fsp3) is 0.378. The number of carbonyl (C=O) groups excluding carboxylic acids is 2. The number of hydrogen-bond acceptors (Lipinski definition) is 10. The highest BCUT2D eigenvalue weighted by molar-refractivity contribution is 7.13. The molecule has 3 saturated heterocycles. The summed E-state index contributed by atoms with van der Waals surface area (Å²) in [5, 5.41) is 15.7. The molecule has 1 unspecified atom stereocenters. The number of halogens is 2. The Morgan fingerprint density at radius 2 is 1.70 bits per heavy atom. The zero-order valence-corrected chi connectivity index (χ0v) is 30.1. The number of carbonyl (C=O) groups is 2. The lowest BCUT2D eigenvalue weighted by atomic mass is 9.86. The van der Waals surface area contributed by atoms with Crippen LogP contribution in [0.25, 0.3) is 0 Å². The lowest BCUT2D eigenvalue weighted by Crippen LogP contribution is -2.52. The van der Waals surface area contributed by atoms with Gasteiger partial charge in [-0.05, 0) is 67.2 Å². The van der Waals surface area contributed by atoms with Crippen LogP contribution in [0.1, 0.15) is 62.6 Å². The second kappa shape index (κ2) is 16.4. The Labute approximate surface area is 305 Å². The summed E-state index contributed by atoms with van der Waals surface area (Å²) >= 11 is 14.1. The maximum Gasteiger partial charge on any atom is 0.348 e. The molecule has 50 heavy (non-hydrogen) atoms. The number of hydrogen-bond donors (Lipinski definition) is 1. The molecule has 3 atom stereocenters. The molecule has 10 nitrogen and oxygen atoms in total. The molecule has 4 aromatic rings. The third-order valence-corrected chi connectivity index (χ3v) is 11.0. The van der Waals surface area contributed by atoms with Crippen LogP contribution in [0.3, 0.4) is 0 Å². The molecule has 264 valence electrons. The highest BCUT2D eigenvalue weighted by Crippen LogP contribution is 2.36. The van der Waals surface area contributed by atoms with Crippen LogP contribution in [0.15, 0.2) is 73.1 Å². The number of piperidine rings is 3. The van der Waals surface area contributed by atoms with Crippen molar-refractivity contribution in [3.8, 4) is 11.5 Å². The van der Waals surface area contributed by atoms with Gasteiger partial charge in [0.05, 0.1) is 20.6 Å².